The summed E-state index contributed by atoms with van der Waals surface area (Å²) >= 11 is 4.95. The first-order valence-corrected chi connectivity index (χ1v) is 6.28. The summed E-state index contributed by atoms with van der Waals surface area (Å²) in [7, 11) is 0. The predicted molar refractivity (Wildman–Crippen MR) is 70.1 cm³/mol. The number of aliphatic hydroxyl groups is 3. The van der Waals surface area contributed by atoms with E-state index in [0.29, 0.717) is 11.2 Å². The lowest BCUT2D eigenvalue weighted by molar-refractivity contribution is -0.0511. The molecule has 1 fully saturated rings. The number of ether oxygens (including phenoxy) is 1. The number of hydrogen-bond donors (Lipinski definition) is 5. The highest BCUT2D eigenvalue weighted by Crippen LogP contribution is 2.31. The van der Waals surface area contributed by atoms with Gasteiger partial charge in [-0.2, -0.15) is 4.98 Å². The summed E-state index contributed by atoms with van der Waals surface area (Å²) in [6.07, 6.45) is -2.82. The van der Waals surface area contributed by atoms with Crippen LogP contribution in [0, 0.1) is 4.77 Å². The molecule has 0 saturated carbocycles. The van der Waals surface area contributed by atoms with Gasteiger partial charge in [0.15, 0.2) is 16.6 Å². The average molecular weight is 299 g/mol. The highest BCUT2D eigenvalue weighted by molar-refractivity contribution is 7.71. The molecule has 0 amide bonds. The van der Waals surface area contributed by atoms with Crippen LogP contribution in [0.4, 0.5) is 5.82 Å². The fourth-order valence-electron chi connectivity index (χ4n) is 2.25. The van der Waals surface area contributed by atoms with Crippen molar-refractivity contribution in [3.05, 3.63) is 11.1 Å². The van der Waals surface area contributed by atoms with Gasteiger partial charge in [-0.15, -0.1) is 0 Å². The third kappa shape index (κ3) is 1.89. The van der Waals surface area contributed by atoms with E-state index in [2.05, 4.69) is 15.0 Å². The molecule has 108 valence electrons. The molecule has 0 bridgehead atoms. The first-order valence-electron chi connectivity index (χ1n) is 5.87. The maximum Gasteiger partial charge on any atom is 0.200 e. The van der Waals surface area contributed by atoms with E-state index in [0.717, 1.165) is 0 Å². The maximum absolute atomic E-state index is 10.0. The van der Waals surface area contributed by atoms with Gasteiger partial charge in [-0.25, -0.2) is 4.98 Å². The highest BCUT2D eigenvalue weighted by atomic mass is 32.1. The topological polar surface area (TPSA) is 142 Å². The van der Waals surface area contributed by atoms with Crippen molar-refractivity contribution in [1.82, 2.24) is 19.5 Å². The second-order valence-electron chi connectivity index (χ2n) is 4.51. The number of fused-ring (bicyclic) bond motifs is 1. The number of aromatic amines is 1. The lowest BCUT2D eigenvalue weighted by atomic mass is 10.1. The van der Waals surface area contributed by atoms with Crippen molar-refractivity contribution >= 4 is 29.2 Å². The van der Waals surface area contributed by atoms with E-state index in [9.17, 15) is 10.2 Å². The summed E-state index contributed by atoms with van der Waals surface area (Å²) in [6.45, 7) is -0.406. The zero-order chi connectivity index (χ0) is 14.4. The number of H-pyrrole nitrogens is 1. The zero-order valence-corrected chi connectivity index (χ0v) is 11.0. The van der Waals surface area contributed by atoms with Crippen LogP contribution in [0.1, 0.15) is 6.23 Å². The lowest BCUT2D eigenvalue weighted by Gasteiger charge is -2.16. The van der Waals surface area contributed by atoms with Crippen LogP contribution in [0.25, 0.3) is 11.2 Å². The number of imidazole rings is 1. The Hall–Kier alpha value is -1.59. The van der Waals surface area contributed by atoms with E-state index < -0.39 is 31.1 Å². The van der Waals surface area contributed by atoms with E-state index in [4.69, 9.17) is 27.8 Å². The Kier molecular flexibility index (Phi) is 3.18. The Bertz CT molecular complexity index is 701. The number of nitrogens with one attached hydrogen (secondary N) is 1. The minimum absolute atomic E-state index is 0.170. The number of anilines is 1. The average Bonchev–Trinajstić information content (AvgIpc) is 2.93. The lowest BCUT2D eigenvalue weighted by Crippen LogP contribution is -2.33. The van der Waals surface area contributed by atoms with Crippen LogP contribution < -0.4 is 5.73 Å². The van der Waals surface area contributed by atoms with Crippen LogP contribution >= 0.6 is 12.2 Å². The molecule has 1 saturated heterocycles. The molecule has 4 unspecified atom stereocenters. The molecule has 0 radical (unpaired) electrons. The largest absolute Gasteiger partial charge is 0.394 e. The third-order valence-corrected chi connectivity index (χ3v) is 3.46. The van der Waals surface area contributed by atoms with Crippen LogP contribution in [-0.2, 0) is 4.74 Å². The molecule has 2 aromatic heterocycles. The second kappa shape index (κ2) is 4.75. The summed E-state index contributed by atoms with van der Waals surface area (Å²) < 4.78 is 7.01. The normalized spacial score (nSPS) is 30.1. The van der Waals surface area contributed by atoms with Gasteiger partial charge in [-0.05, 0) is 12.2 Å². The molecule has 3 heterocycles. The van der Waals surface area contributed by atoms with Gasteiger partial charge in [-0.3, -0.25) is 4.57 Å². The monoisotopic (exact) mass is 299 g/mol. The van der Waals surface area contributed by atoms with Crippen molar-refractivity contribution in [1.29, 1.82) is 0 Å². The second-order valence-corrected chi connectivity index (χ2v) is 4.90. The molecular formula is C10H13N5O4S. The molecule has 2 aromatic rings. The van der Waals surface area contributed by atoms with Crippen molar-refractivity contribution in [2.24, 2.45) is 0 Å². The van der Waals surface area contributed by atoms with Crippen molar-refractivity contribution in [2.75, 3.05) is 12.3 Å². The number of nitrogens with zero attached hydrogens (tertiary/aromatic N) is 3. The number of hydrogen-bond acceptors (Lipinski definition) is 8. The third-order valence-electron chi connectivity index (χ3n) is 3.26. The number of aliphatic hydroxyl groups excluding tert-OH is 3. The van der Waals surface area contributed by atoms with Gasteiger partial charge >= 0.3 is 0 Å². The number of aromatic nitrogens is 4. The van der Waals surface area contributed by atoms with Crippen LogP contribution in [-0.4, -0.2) is 59.8 Å². The Labute approximate surface area is 117 Å². The minimum Gasteiger partial charge on any atom is -0.394 e. The maximum atomic E-state index is 10.0. The number of nitrogen functional groups attached to an aromatic ring is 1. The molecule has 1 aliphatic heterocycles. The summed E-state index contributed by atoms with van der Waals surface area (Å²) in [5.41, 5.74) is 6.47. The molecule has 9 nitrogen and oxygen atoms in total. The highest BCUT2D eigenvalue weighted by Gasteiger charge is 2.43. The van der Waals surface area contributed by atoms with Crippen molar-refractivity contribution < 1.29 is 20.1 Å². The van der Waals surface area contributed by atoms with Crippen LogP contribution in [0.3, 0.4) is 0 Å². The van der Waals surface area contributed by atoms with Crippen LogP contribution in [0.5, 0.6) is 0 Å². The molecule has 1 aliphatic rings. The molecule has 3 rings (SSSR count). The molecule has 0 spiro atoms. The molecule has 20 heavy (non-hydrogen) atoms. The van der Waals surface area contributed by atoms with Crippen molar-refractivity contribution in [3.63, 3.8) is 0 Å². The van der Waals surface area contributed by atoms with E-state index in [1.54, 1.807) is 0 Å². The minimum atomic E-state index is -1.22. The molecule has 0 aromatic carbocycles. The molecule has 6 N–H and O–H groups in total. The van der Waals surface area contributed by atoms with Gasteiger partial charge in [0.25, 0.3) is 0 Å². The first-order chi connectivity index (χ1) is 9.52. The molecule has 4 atom stereocenters. The van der Waals surface area contributed by atoms with E-state index in [1.165, 1.54) is 10.9 Å². The van der Waals surface area contributed by atoms with Gasteiger partial charge in [0.1, 0.15) is 29.6 Å². The SMILES string of the molecule is Nc1[nH]c(=S)nc2c1ncn2C1OC(CO)C(O)C1O. The molecule has 0 aliphatic carbocycles. The Morgan fingerprint density at radius 1 is 1.45 bits per heavy atom. The summed E-state index contributed by atoms with van der Waals surface area (Å²) in [5.74, 6) is 0.255. The van der Waals surface area contributed by atoms with Gasteiger partial charge in [0.2, 0.25) is 0 Å². The predicted octanol–water partition coefficient (Wildman–Crippen LogP) is -1.32. The van der Waals surface area contributed by atoms with Gasteiger partial charge in [0, 0.05) is 0 Å². The van der Waals surface area contributed by atoms with Crippen LogP contribution in [0.15, 0.2) is 6.33 Å². The van der Waals surface area contributed by atoms with E-state index in [1.807, 2.05) is 0 Å². The number of rotatable bonds is 2. The van der Waals surface area contributed by atoms with E-state index in [-0.39, 0.29) is 10.6 Å². The summed E-state index contributed by atoms with van der Waals surface area (Å²) in [6, 6.07) is 0. The Morgan fingerprint density at radius 2 is 2.20 bits per heavy atom. The van der Waals surface area contributed by atoms with Crippen LogP contribution in [0.2, 0.25) is 0 Å². The van der Waals surface area contributed by atoms with Gasteiger partial charge < -0.3 is 30.8 Å². The fourth-order valence-corrected chi connectivity index (χ4v) is 2.45. The summed E-state index contributed by atoms with van der Waals surface area (Å²) in [5, 5.41) is 28.9. The van der Waals surface area contributed by atoms with Gasteiger partial charge in [0.05, 0.1) is 12.9 Å². The zero-order valence-electron chi connectivity index (χ0n) is 10.2. The molecular weight excluding hydrogens is 286 g/mol. The fraction of sp³-hybridized carbons (Fsp3) is 0.500. The van der Waals surface area contributed by atoms with E-state index >= 15 is 0 Å². The first kappa shape index (κ1) is 13.4. The van der Waals surface area contributed by atoms with Crippen molar-refractivity contribution in [2.45, 2.75) is 24.5 Å². The number of nitrogens with two attached hydrogens (primary N) is 1. The Balaban J connectivity index is 2.09. The Morgan fingerprint density at radius 3 is 2.85 bits per heavy atom. The molecule has 10 heteroatoms. The summed E-state index contributed by atoms with van der Waals surface area (Å²) in [4.78, 5) is 10.8. The quantitative estimate of drug-likeness (QED) is 0.430. The smallest absolute Gasteiger partial charge is 0.200 e. The van der Waals surface area contributed by atoms with Gasteiger partial charge in [-0.1, -0.05) is 0 Å². The van der Waals surface area contributed by atoms with Crippen molar-refractivity contribution in [3.8, 4) is 0 Å². The standard InChI is InChI=1S/C10H13N5O4S/c11-7-4-8(14-10(20)13-7)15(2-12-4)9-6(18)5(17)3(1-16)19-9/h2-3,5-6,9,16-18H,1H2,(H3,11,13,14,20).